The highest BCUT2D eigenvalue weighted by Crippen LogP contribution is 2.27. The van der Waals surface area contributed by atoms with Gasteiger partial charge in [0, 0.05) is 20.0 Å². The lowest BCUT2D eigenvalue weighted by molar-refractivity contribution is -0.119. The number of benzene rings is 2. The molecular formula is C20H24N2O6S2. The number of rotatable bonds is 7. The SMILES string of the molecule is CC(=O)NCc1ccc(S(=O)(=O)N(Cc2ccccc2)[C@@H]2CS(=O)(=O)C[C@H]2O)cc1. The summed E-state index contributed by atoms with van der Waals surface area (Å²) in [6, 6.07) is 13.8. The Kier molecular flexibility index (Phi) is 6.61. The molecule has 3 rings (SSSR count). The van der Waals surface area contributed by atoms with Crippen LogP contribution in [0.15, 0.2) is 59.5 Å². The van der Waals surface area contributed by atoms with Crippen LogP contribution < -0.4 is 5.32 Å². The third kappa shape index (κ3) is 5.25. The number of aliphatic hydroxyl groups is 1. The summed E-state index contributed by atoms with van der Waals surface area (Å²) in [5.74, 6) is -1.09. The van der Waals surface area contributed by atoms with Gasteiger partial charge in [-0.2, -0.15) is 4.31 Å². The van der Waals surface area contributed by atoms with Gasteiger partial charge in [-0.05, 0) is 23.3 Å². The van der Waals surface area contributed by atoms with Gasteiger partial charge in [0.15, 0.2) is 9.84 Å². The molecule has 1 heterocycles. The van der Waals surface area contributed by atoms with Gasteiger partial charge >= 0.3 is 0 Å². The first-order chi connectivity index (χ1) is 14.1. The summed E-state index contributed by atoms with van der Waals surface area (Å²) in [5.41, 5.74) is 1.40. The van der Waals surface area contributed by atoms with Crippen molar-refractivity contribution in [3.05, 3.63) is 65.7 Å². The summed E-state index contributed by atoms with van der Waals surface area (Å²) in [6.45, 7) is 1.60. The van der Waals surface area contributed by atoms with E-state index in [-0.39, 0.29) is 23.9 Å². The number of carbonyl (C=O) groups is 1. The normalized spacial score (nSPS) is 20.9. The Balaban J connectivity index is 1.94. The fourth-order valence-corrected chi connectivity index (χ4v) is 6.91. The number of amides is 1. The van der Waals surface area contributed by atoms with Crippen LogP contribution in [-0.2, 0) is 37.7 Å². The minimum Gasteiger partial charge on any atom is -0.390 e. The van der Waals surface area contributed by atoms with Crippen molar-refractivity contribution >= 4 is 25.8 Å². The third-order valence-electron chi connectivity index (χ3n) is 4.92. The molecule has 1 saturated heterocycles. The van der Waals surface area contributed by atoms with Gasteiger partial charge in [0.1, 0.15) is 0 Å². The highest BCUT2D eigenvalue weighted by atomic mass is 32.2. The van der Waals surface area contributed by atoms with E-state index < -0.39 is 43.5 Å². The van der Waals surface area contributed by atoms with Crippen molar-refractivity contribution in [1.82, 2.24) is 9.62 Å². The first-order valence-corrected chi connectivity index (χ1v) is 12.6. The molecule has 0 spiro atoms. The van der Waals surface area contributed by atoms with Crippen molar-refractivity contribution in [3.63, 3.8) is 0 Å². The van der Waals surface area contributed by atoms with Crippen molar-refractivity contribution in [2.24, 2.45) is 0 Å². The first-order valence-electron chi connectivity index (χ1n) is 9.36. The maximum atomic E-state index is 13.4. The lowest BCUT2D eigenvalue weighted by atomic mass is 10.2. The number of aliphatic hydroxyl groups excluding tert-OH is 1. The molecule has 2 N–H and O–H groups in total. The standard InChI is InChI=1S/C20H24N2O6S2/c1-15(23)21-11-16-7-9-18(10-8-16)30(27,28)22(12-17-5-3-2-4-6-17)19-13-29(25,26)14-20(19)24/h2-10,19-20,24H,11-14H2,1H3,(H,21,23)/t19-,20-/m1/s1. The molecule has 2 aromatic carbocycles. The molecule has 0 radical (unpaired) electrons. The second-order valence-electron chi connectivity index (χ2n) is 7.30. The molecule has 2 aromatic rings. The molecule has 0 unspecified atom stereocenters. The summed E-state index contributed by atoms with van der Waals surface area (Å²) in [5, 5.41) is 13.0. The average Bonchev–Trinajstić information content (AvgIpc) is 2.97. The molecule has 1 amide bonds. The van der Waals surface area contributed by atoms with E-state index >= 15 is 0 Å². The van der Waals surface area contributed by atoms with E-state index in [1.165, 1.54) is 19.1 Å². The van der Waals surface area contributed by atoms with Crippen LogP contribution in [0.1, 0.15) is 18.1 Å². The van der Waals surface area contributed by atoms with Gasteiger partial charge in [-0.3, -0.25) is 4.79 Å². The van der Waals surface area contributed by atoms with Crippen molar-refractivity contribution < 1.29 is 26.7 Å². The Hall–Kier alpha value is -2.27. The monoisotopic (exact) mass is 452 g/mol. The fraction of sp³-hybridized carbons (Fsp3) is 0.350. The van der Waals surface area contributed by atoms with Crippen LogP contribution in [0.5, 0.6) is 0 Å². The van der Waals surface area contributed by atoms with Crippen molar-refractivity contribution in [3.8, 4) is 0 Å². The summed E-state index contributed by atoms with van der Waals surface area (Å²) in [6.07, 6.45) is -1.30. The molecule has 1 fully saturated rings. The Labute approximate surface area is 176 Å². The van der Waals surface area contributed by atoms with Crippen LogP contribution in [0.25, 0.3) is 0 Å². The molecule has 0 aliphatic carbocycles. The van der Waals surface area contributed by atoms with Crippen LogP contribution in [-0.4, -0.2) is 55.8 Å². The fourth-order valence-electron chi connectivity index (χ4n) is 3.37. The van der Waals surface area contributed by atoms with Gasteiger partial charge in [-0.1, -0.05) is 42.5 Å². The average molecular weight is 453 g/mol. The quantitative estimate of drug-likeness (QED) is 0.637. The number of hydrogen-bond acceptors (Lipinski definition) is 6. The molecular weight excluding hydrogens is 428 g/mol. The van der Waals surface area contributed by atoms with E-state index in [1.54, 1.807) is 42.5 Å². The number of nitrogens with one attached hydrogen (secondary N) is 1. The highest BCUT2D eigenvalue weighted by Gasteiger charge is 2.44. The number of nitrogens with zero attached hydrogens (tertiary/aromatic N) is 1. The molecule has 10 heteroatoms. The number of sulfonamides is 1. The summed E-state index contributed by atoms with van der Waals surface area (Å²) in [4.78, 5) is 11.0. The summed E-state index contributed by atoms with van der Waals surface area (Å²) < 4.78 is 51.9. The van der Waals surface area contributed by atoms with Crippen LogP contribution in [0, 0.1) is 0 Å². The number of carbonyl (C=O) groups excluding carboxylic acids is 1. The lowest BCUT2D eigenvalue weighted by Crippen LogP contribution is -2.46. The summed E-state index contributed by atoms with van der Waals surface area (Å²) in [7, 11) is -7.64. The third-order valence-corrected chi connectivity index (χ3v) is 8.50. The van der Waals surface area contributed by atoms with Crippen molar-refractivity contribution in [2.75, 3.05) is 11.5 Å². The van der Waals surface area contributed by atoms with E-state index in [1.807, 2.05) is 0 Å². The molecule has 0 bridgehead atoms. The van der Waals surface area contributed by atoms with Gasteiger partial charge in [0.2, 0.25) is 15.9 Å². The molecule has 1 aliphatic heterocycles. The van der Waals surface area contributed by atoms with Crippen LogP contribution in [0.3, 0.4) is 0 Å². The summed E-state index contributed by atoms with van der Waals surface area (Å²) >= 11 is 0. The Morgan fingerprint density at radius 2 is 1.70 bits per heavy atom. The van der Waals surface area contributed by atoms with E-state index in [4.69, 9.17) is 0 Å². The van der Waals surface area contributed by atoms with Crippen LogP contribution in [0.4, 0.5) is 0 Å². The smallest absolute Gasteiger partial charge is 0.243 e. The second kappa shape index (κ2) is 8.84. The Bertz CT molecular complexity index is 1100. The number of sulfone groups is 1. The van der Waals surface area contributed by atoms with Crippen molar-refractivity contribution in [2.45, 2.75) is 37.1 Å². The van der Waals surface area contributed by atoms with Crippen LogP contribution >= 0.6 is 0 Å². The lowest BCUT2D eigenvalue weighted by Gasteiger charge is -2.29. The molecule has 30 heavy (non-hydrogen) atoms. The molecule has 2 atom stereocenters. The van der Waals surface area contributed by atoms with E-state index in [9.17, 15) is 26.7 Å². The van der Waals surface area contributed by atoms with E-state index in [2.05, 4.69) is 5.32 Å². The van der Waals surface area contributed by atoms with E-state index in [0.717, 1.165) is 9.87 Å². The first kappa shape index (κ1) is 22.4. The van der Waals surface area contributed by atoms with Gasteiger partial charge in [0.25, 0.3) is 0 Å². The predicted octanol–water partition coefficient (Wildman–Crippen LogP) is 0.672. The number of hydrogen-bond donors (Lipinski definition) is 2. The van der Waals surface area contributed by atoms with Crippen molar-refractivity contribution in [1.29, 1.82) is 0 Å². The zero-order chi connectivity index (χ0) is 21.9. The molecule has 8 nitrogen and oxygen atoms in total. The Morgan fingerprint density at radius 3 is 2.23 bits per heavy atom. The highest BCUT2D eigenvalue weighted by molar-refractivity contribution is 7.92. The van der Waals surface area contributed by atoms with Gasteiger partial charge in [-0.15, -0.1) is 0 Å². The van der Waals surface area contributed by atoms with Gasteiger partial charge < -0.3 is 10.4 Å². The van der Waals surface area contributed by atoms with Gasteiger partial charge in [0.05, 0.1) is 28.5 Å². The topological polar surface area (TPSA) is 121 Å². The zero-order valence-electron chi connectivity index (χ0n) is 16.4. The second-order valence-corrected chi connectivity index (χ2v) is 11.3. The van der Waals surface area contributed by atoms with E-state index in [0.29, 0.717) is 5.56 Å². The zero-order valence-corrected chi connectivity index (χ0v) is 18.1. The molecule has 162 valence electrons. The maximum absolute atomic E-state index is 13.4. The maximum Gasteiger partial charge on any atom is 0.243 e. The Morgan fingerprint density at radius 1 is 1.07 bits per heavy atom. The molecule has 0 aromatic heterocycles. The minimum atomic E-state index is -4.09. The largest absolute Gasteiger partial charge is 0.390 e. The minimum absolute atomic E-state index is 0.0125. The van der Waals surface area contributed by atoms with Crippen LogP contribution in [0.2, 0.25) is 0 Å². The molecule has 1 aliphatic rings. The van der Waals surface area contributed by atoms with Gasteiger partial charge in [-0.25, -0.2) is 16.8 Å². The molecule has 0 saturated carbocycles. The predicted molar refractivity (Wildman–Crippen MR) is 112 cm³/mol.